The van der Waals surface area contributed by atoms with Crippen molar-refractivity contribution in [3.63, 3.8) is 0 Å². The molecule has 1 aromatic heterocycles. The molecular formula is C14H8BrCl2FN2. The number of benzene rings is 2. The van der Waals surface area contributed by atoms with Crippen LogP contribution in [0.3, 0.4) is 0 Å². The number of hydrogen-bond acceptors (Lipinski definition) is 1. The van der Waals surface area contributed by atoms with Crippen molar-refractivity contribution in [1.29, 1.82) is 0 Å². The largest absolute Gasteiger partial charge is 0.295 e. The topological polar surface area (TPSA) is 17.8 Å². The van der Waals surface area contributed by atoms with Crippen molar-refractivity contribution in [1.82, 2.24) is 9.55 Å². The Hall–Kier alpha value is -1.10. The number of aromatic nitrogens is 2. The molecule has 2 nitrogen and oxygen atoms in total. The van der Waals surface area contributed by atoms with Crippen LogP contribution in [0.4, 0.5) is 4.39 Å². The number of imidazole rings is 1. The molecular weight excluding hydrogens is 366 g/mol. The van der Waals surface area contributed by atoms with Crippen LogP contribution in [0, 0.1) is 5.82 Å². The summed E-state index contributed by atoms with van der Waals surface area (Å²) in [6.45, 7) is 0. The van der Waals surface area contributed by atoms with Crippen LogP contribution >= 0.6 is 39.1 Å². The molecule has 0 aliphatic heterocycles. The SMILES string of the molecule is Fc1ccc(-n2c(CCl)nc3cc(Cl)ccc32)cc1Br. The quantitative estimate of drug-likeness (QED) is 0.556. The third-order valence-corrected chi connectivity index (χ3v) is 4.05. The molecule has 3 aromatic rings. The van der Waals surface area contributed by atoms with Crippen molar-refractivity contribution < 1.29 is 4.39 Å². The summed E-state index contributed by atoms with van der Waals surface area (Å²) in [6, 6.07) is 10.2. The summed E-state index contributed by atoms with van der Waals surface area (Å²) in [5.41, 5.74) is 2.43. The molecule has 20 heavy (non-hydrogen) atoms. The lowest BCUT2D eigenvalue weighted by molar-refractivity contribution is 0.620. The molecule has 0 spiro atoms. The zero-order valence-electron chi connectivity index (χ0n) is 10.1. The molecule has 1 heterocycles. The molecule has 6 heteroatoms. The normalized spacial score (nSPS) is 11.2. The highest BCUT2D eigenvalue weighted by atomic mass is 79.9. The third-order valence-electron chi connectivity index (χ3n) is 2.97. The Morgan fingerprint density at radius 2 is 2.00 bits per heavy atom. The van der Waals surface area contributed by atoms with Crippen LogP contribution in [0.1, 0.15) is 5.82 Å². The van der Waals surface area contributed by atoms with Gasteiger partial charge in [-0.1, -0.05) is 11.6 Å². The maximum atomic E-state index is 13.4. The maximum absolute atomic E-state index is 13.4. The fourth-order valence-corrected chi connectivity index (χ4v) is 2.82. The first-order chi connectivity index (χ1) is 9.60. The highest BCUT2D eigenvalue weighted by Crippen LogP contribution is 2.27. The molecule has 102 valence electrons. The Kier molecular flexibility index (Phi) is 3.71. The van der Waals surface area contributed by atoms with E-state index in [0.717, 1.165) is 16.7 Å². The highest BCUT2D eigenvalue weighted by Gasteiger charge is 2.13. The van der Waals surface area contributed by atoms with Gasteiger partial charge in [0.1, 0.15) is 11.6 Å². The summed E-state index contributed by atoms with van der Waals surface area (Å²) in [5, 5.41) is 0.614. The van der Waals surface area contributed by atoms with Crippen LogP contribution in [0.15, 0.2) is 40.9 Å². The first-order valence-electron chi connectivity index (χ1n) is 5.78. The molecule has 0 unspecified atom stereocenters. The van der Waals surface area contributed by atoms with Crippen molar-refractivity contribution in [3.05, 3.63) is 57.5 Å². The third kappa shape index (κ3) is 2.32. The van der Waals surface area contributed by atoms with E-state index in [9.17, 15) is 4.39 Å². The van der Waals surface area contributed by atoms with Gasteiger partial charge in [-0.3, -0.25) is 4.57 Å². The number of nitrogens with zero attached hydrogens (tertiary/aromatic N) is 2. The Bertz CT molecular complexity index is 801. The molecule has 0 saturated heterocycles. The number of alkyl halides is 1. The first-order valence-corrected chi connectivity index (χ1v) is 7.49. The van der Waals surface area contributed by atoms with Crippen LogP contribution in [-0.4, -0.2) is 9.55 Å². The van der Waals surface area contributed by atoms with Crippen molar-refractivity contribution >= 4 is 50.2 Å². The number of halogens is 4. The average molecular weight is 374 g/mol. The minimum absolute atomic E-state index is 0.251. The van der Waals surface area contributed by atoms with E-state index < -0.39 is 0 Å². The van der Waals surface area contributed by atoms with Gasteiger partial charge in [0.2, 0.25) is 0 Å². The van der Waals surface area contributed by atoms with Gasteiger partial charge in [-0.15, -0.1) is 11.6 Å². The molecule has 0 amide bonds. The van der Waals surface area contributed by atoms with Crippen LogP contribution < -0.4 is 0 Å². The van der Waals surface area contributed by atoms with Gasteiger partial charge in [0.15, 0.2) is 0 Å². The second kappa shape index (κ2) is 5.35. The molecule has 3 rings (SSSR count). The summed E-state index contributed by atoms with van der Waals surface area (Å²) in [5.74, 6) is 0.623. The van der Waals surface area contributed by atoms with E-state index in [-0.39, 0.29) is 11.7 Å². The lowest BCUT2D eigenvalue weighted by Gasteiger charge is -2.08. The van der Waals surface area contributed by atoms with Crippen LogP contribution in [0.5, 0.6) is 0 Å². The summed E-state index contributed by atoms with van der Waals surface area (Å²) in [4.78, 5) is 4.46. The Balaban J connectivity index is 2.30. The summed E-state index contributed by atoms with van der Waals surface area (Å²) in [6.07, 6.45) is 0. The van der Waals surface area contributed by atoms with E-state index in [1.54, 1.807) is 24.3 Å². The van der Waals surface area contributed by atoms with E-state index in [1.807, 2.05) is 10.6 Å². The molecule has 0 aliphatic rings. The lowest BCUT2D eigenvalue weighted by atomic mass is 10.2. The van der Waals surface area contributed by atoms with Crippen LogP contribution in [0.2, 0.25) is 5.02 Å². The molecule has 0 aliphatic carbocycles. The van der Waals surface area contributed by atoms with Gasteiger partial charge in [-0.2, -0.15) is 0 Å². The number of fused-ring (bicyclic) bond motifs is 1. The van der Waals surface area contributed by atoms with Crippen molar-refractivity contribution in [2.75, 3.05) is 0 Å². The molecule has 0 radical (unpaired) electrons. The molecule has 0 bridgehead atoms. The Morgan fingerprint density at radius 1 is 1.20 bits per heavy atom. The van der Waals surface area contributed by atoms with Crippen LogP contribution in [0.25, 0.3) is 16.7 Å². The monoisotopic (exact) mass is 372 g/mol. The second-order valence-corrected chi connectivity index (χ2v) is 5.79. The van der Waals surface area contributed by atoms with Gasteiger partial charge in [0.25, 0.3) is 0 Å². The minimum atomic E-state index is -0.311. The average Bonchev–Trinajstić information content (AvgIpc) is 2.79. The molecule has 2 aromatic carbocycles. The van der Waals surface area contributed by atoms with Gasteiger partial charge in [0.05, 0.1) is 21.4 Å². The molecule has 0 atom stereocenters. The first kappa shape index (κ1) is 13.9. The molecule has 0 N–H and O–H groups in total. The van der Waals surface area contributed by atoms with Gasteiger partial charge >= 0.3 is 0 Å². The van der Waals surface area contributed by atoms with Gasteiger partial charge in [-0.25, -0.2) is 9.37 Å². The van der Waals surface area contributed by atoms with Gasteiger partial charge in [0, 0.05) is 10.7 Å². The number of hydrogen-bond donors (Lipinski definition) is 0. The standard InChI is InChI=1S/C14H8BrCl2FN2/c15-10-6-9(2-3-11(10)18)20-13-4-1-8(17)5-12(13)19-14(20)7-16/h1-6H,7H2. The molecule has 0 saturated carbocycles. The lowest BCUT2D eigenvalue weighted by Crippen LogP contribution is -1.99. The summed E-state index contributed by atoms with van der Waals surface area (Å²) >= 11 is 15.1. The maximum Gasteiger partial charge on any atom is 0.137 e. The zero-order chi connectivity index (χ0) is 14.3. The Morgan fingerprint density at radius 3 is 2.70 bits per heavy atom. The van der Waals surface area contributed by atoms with Gasteiger partial charge < -0.3 is 0 Å². The minimum Gasteiger partial charge on any atom is -0.295 e. The molecule has 0 fully saturated rings. The zero-order valence-corrected chi connectivity index (χ0v) is 13.2. The smallest absolute Gasteiger partial charge is 0.137 e. The predicted octanol–water partition coefficient (Wildman–Crippen LogP) is 5.32. The van der Waals surface area contributed by atoms with Crippen molar-refractivity contribution in [3.8, 4) is 5.69 Å². The van der Waals surface area contributed by atoms with E-state index in [4.69, 9.17) is 23.2 Å². The fourth-order valence-electron chi connectivity index (χ4n) is 2.11. The van der Waals surface area contributed by atoms with E-state index in [2.05, 4.69) is 20.9 Å². The summed E-state index contributed by atoms with van der Waals surface area (Å²) in [7, 11) is 0. The summed E-state index contributed by atoms with van der Waals surface area (Å²) < 4.78 is 15.7. The predicted molar refractivity (Wildman–Crippen MR) is 83.3 cm³/mol. The van der Waals surface area contributed by atoms with E-state index in [1.165, 1.54) is 6.07 Å². The number of rotatable bonds is 2. The second-order valence-electron chi connectivity index (χ2n) is 4.23. The van der Waals surface area contributed by atoms with E-state index in [0.29, 0.717) is 15.3 Å². The Labute approximate surface area is 133 Å². The van der Waals surface area contributed by atoms with E-state index >= 15 is 0 Å². The van der Waals surface area contributed by atoms with Crippen molar-refractivity contribution in [2.24, 2.45) is 0 Å². The van der Waals surface area contributed by atoms with Crippen molar-refractivity contribution in [2.45, 2.75) is 5.88 Å². The fraction of sp³-hybridized carbons (Fsp3) is 0.0714. The highest BCUT2D eigenvalue weighted by molar-refractivity contribution is 9.10. The van der Waals surface area contributed by atoms with Gasteiger partial charge in [-0.05, 0) is 52.3 Å². The van der Waals surface area contributed by atoms with Crippen LogP contribution in [-0.2, 0) is 5.88 Å².